The second-order valence-corrected chi connectivity index (χ2v) is 6.69. The summed E-state index contributed by atoms with van der Waals surface area (Å²) >= 11 is 0. The zero-order valence-corrected chi connectivity index (χ0v) is 12.8. The molecule has 1 aromatic carbocycles. The lowest BCUT2D eigenvalue weighted by Gasteiger charge is -2.48. The molecule has 0 radical (unpaired) electrons. The molecule has 2 heteroatoms. The van der Waals surface area contributed by atoms with Gasteiger partial charge in [0.1, 0.15) is 0 Å². The molecule has 0 saturated carbocycles. The van der Waals surface area contributed by atoms with Crippen LogP contribution in [-0.4, -0.2) is 31.1 Å². The highest BCUT2D eigenvalue weighted by Gasteiger charge is 2.38. The van der Waals surface area contributed by atoms with Gasteiger partial charge in [-0.05, 0) is 56.2 Å². The molecule has 2 atom stereocenters. The van der Waals surface area contributed by atoms with Crippen molar-refractivity contribution in [3.05, 3.63) is 35.9 Å². The van der Waals surface area contributed by atoms with Gasteiger partial charge in [-0.25, -0.2) is 0 Å². The molecular formula is C18H28N2. The standard InChI is InChI=1S/C18H28N2/c1-2-17(16-8-4-3-5-9-16)20-13-7-11-18(15-20)10-6-12-19-14-18/h3-5,8-9,17,19H,2,6-7,10-15H2,1H3. The monoisotopic (exact) mass is 272 g/mol. The summed E-state index contributed by atoms with van der Waals surface area (Å²) in [6.45, 7) is 7.34. The molecule has 0 bridgehead atoms. The minimum atomic E-state index is 0.554. The smallest absolute Gasteiger partial charge is 0.0345 e. The van der Waals surface area contributed by atoms with Gasteiger partial charge in [0.15, 0.2) is 0 Å². The number of nitrogens with one attached hydrogen (secondary N) is 1. The summed E-state index contributed by atoms with van der Waals surface area (Å²) in [6.07, 6.45) is 6.78. The molecular weight excluding hydrogens is 244 g/mol. The third kappa shape index (κ3) is 2.91. The summed E-state index contributed by atoms with van der Waals surface area (Å²) < 4.78 is 0. The average Bonchev–Trinajstić information content (AvgIpc) is 2.50. The Morgan fingerprint density at radius 3 is 2.70 bits per heavy atom. The normalized spacial score (nSPS) is 29.4. The molecule has 0 aromatic heterocycles. The van der Waals surface area contributed by atoms with Crippen LogP contribution in [0.1, 0.15) is 50.6 Å². The third-order valence-electron chi connectivity index (χ3n) is 5.26. The topological polar surface area (TPSA) is 15.3 Å². The Kier molecular flexibility index (Phi) is 4.42. The molecule has 20 heavy (non-hydrogen) atoms. The van der Waals surface area contributed by atoms with E-state index in [1.54, 1.807) is 0 Å². The lowest BCUT2D eigenvalue weighted by atomic mass is 9.74. The van der Waals surface area contributed by atoms with Crippen LogP contribution in [-0.2, 0) is 0 Å². The predicted octanol–water partition coefficient (Wildman–Crippen LogP) is 3.60. The highest BCUT2D eigenvalue weighted by molar-refractivity contribution is 5.19. The number of piperidine rings is 2. The van der Waals surface area contributed by atoms with Crippen LogP contribution < -0.4 is 5.32 Å². The maximum atomic E-state index is 3.64. The van der Waals surface area contributed by atoms with Crippen LogP contribution in [0, 0.1) is 5.41 Å². The van der Waals surface area contributed by atoms with Crippen LogP contribution in [0.5, 0.6) is 0 Å². The van der Waals surface area contributed by atoms with Crippen molar-refractivity contribution >= 4 is 0 Å². The zero-order valence-electron chi connectivity index (χ0n) is 12.8. The summed E-state index contributed by atoms with van der Waals surface area (Å²) in [5, 5.41) is 3.64. The number of hydrogen-bond donors (Lipinski definition) is 1. The fraction of sp³-hybridized carbons (Fsp3) is 0.667. The fourth-order valence-corrected chi connectivity index (χ4v) is 4.27. The predicted molar refractivity (Wildman–Crippen MR) is 84.8 cm³/mol. The van der Waals surface area contributed by atoms with Crippen molar-refractivity contribution in [1.29, 1.82) is 0 Å². The van der Waals surface area contributed by atoms with E-state index in [-0.39, 0.29) is 0 Å². The first-order valence-electron chi connectivity index (χ1n) is 8.33. The number of rotatable bonds is 3. The average molecular weight is 272 g/mol. The molecule has 2 unspecified atom stereocenters. The van der Waals surface area contributed by atoms with Gasteiger partial charge in [-0.1, -0.05) is 37.3 Å². The molecule has 0 amide bonds. The molecule has 1 N–H and O–H groups in total. The Hall–Kier alpha value is -0.860. The van der Waals surface area contributed by atoms with Crippen molar-refractivity contribution in [1.82, 2.24) is 10.2 Å². The van der Waals surface area contributed by atoms with Gasteiger partial charge in [-0.2, -0.15) is 0 Å². The van der Waals surface area contributed by atoms with Crippen molar-refractivity contribution < 1.29 is 0 Å². The first-order valence-corrected chi connectivity index (χ1v) is 8.33. The van der Waals surface area contributed by atoms with Gasteiger partial charge in [-0.3, -0.25) is 4.90 Å². The Labute approximate surface area is 123 Å². The number of likely N-dealkylation sites (tertiary alicyclic amines) is 1. The first-order chi connectivity index (χ1) is 9.83. The summed E-state index contributed by atoms with van der Waals surface area (Å²) in [6, 6.07) is 11.7. The van der Waals surface area contributed by atoms with E-state index in [1.165, 1.54) is 63.8 Å². The Bertz CT molecular complexity index is 403. The molecule has 2 aliphatic rings. The van der Waals surface area contributed by atoms with Gasteiger partial charge in [0.05, 0.1) is 0 Å². The van der Waals surface area contributed by atoms with E-state index < -0.39 is 0 Å². The molecule has 1 spiro atoms. The second-order valence-electron chi connectivity index (χ2n) is 6.69. The maximum Gasteiger partial charge on any atom is 0.0345 e. The molecule has 0 aliphatic carbocycles. The first kappa shape index (κ1) is 14.1. The van der Waals surface area contributed by atoms with Crippen molar-refractivity contribution in [3.63, 3.8) is 0 Å². The quantitative estimate of drug-likeness (QED) is 0.904. The Morgan fingerprint density at radius 1 is 1.20 bits per heavy atom. The van der Waals surface area contributed by atoms with Crippen LogP contribution in [0.2, 0.25) is 0 Å². The SMILES string of the molecule is CCC(c1ccccc1)N1CCCC2(CCCNC2)C1. The van der Waals surface area contributed by atoms with Gasteiger partial charge in [0.2, 0.25) is 0 Å². The van der Waals surface area contributed by atoms with Crippen LogP contribution >= 0.6 is 0 Å². The van der Waals surface area contributed by atoms with Crippen molar-refractivity contribution in [2.24, 2.45) is 5.41 Å². The van der Waals surface area contributed by atoms with Gasteiger partial charge in [-0.15, -0.1) is 0 Å². The molecule has 110 valence electrons. The zero-order chi connectivity index (χ0) is 13.8. The lowest BCUT2D eigenvalue weighted by Crippen LogP contribution is -2.51. The second kappa shape index (κ2) is 6.28. The highest BCUT2D eigenvalue weighted by Crippen LogP contribution is 2.39. The van der Waals surface area contributed by atoms with E-state index in [9.17, 15) is 0 Å². The van der Waals surface area contributed by atoms with Gasteiger partial charge >= 0.3 is 0 Å². The van der Waals surface area contributed by atoms with E-state index in [4.69, 9.17) is 0 Å². The minimum absolute atomic E-state index is 0.554. The molecule has 2 nitrogen and oxygen atoms in total. The van der Waals surface area contributed by atoms with E-state index in [1.807, 2.05) is 0 Å². The van der Waals surface area contributed by atoms with E-state index >= 15 is 0 Å². The highest BCUT2D eigenvalue weighted by atomic mass is 15.2. The minimum Gasteiger partial charge on any atom is -0.316 e. The lowest BCUT2D eigenvalue weighted by molar-refractivity contribution is 0.0356. The fourth-order valence-electron chi connectivity index (χ4n) is 4.27. The van der Waals surface area contributed by atoms with Crippen LogP contribution in [0.4, 0.5) is 0 Å². The number of benzene rings is 1. The summed E-state index contributed by atoms with van der Waals surface area (Å²) in [7, 11) is 0. The van der Waals surface area contributed by atoms with Crippen molar-refractivity contribution in [2.75, 3.05) is 26.2 Å². The van der Waals surface area contributed by atoms with E-state index in [0.717, 1.165) is 0 Å². The van der Waals surface area contributed by atoms with Crippen molar-refractivity contribution in [3.8, 4) is 0 Å². The third-order valence-corrected chi connectivity index (χ3v) is 5.26. The summed E-state index contributed by atoms with van der Waals surface area (Å²) in [4.78, 5) is 2.76. The van der Waals surface area contributed by atoms with Gasteiger partial charge in [0, 0.05) is 19.1 Å². The van der Waals surface area contributed by atoms with E-state index in [2.05, 4.69) is 47.5 Å². The number of nitrogens with zero attached hydrogens (tertiary/aromatic N) is 1. The van der Waals surface area contributed by atoms with Crippen LogP contribution in [0.3, 0.4) is 0 Å². The molecule has 2 heterocycles. The summed E-state index contributed by atoms with van der Waals surface area (Å²) in [5.41, 5.74) is 2.05. The van der Waals surface area contributed by atoms with Gasteiger partial charge in [0.25, 0.3) is 0 Å². The summed E-state index contributed by atoms with van der Waals surface area (Å²) in [5.74, 6) is 0. The van der Waals surface area contributed by atoms with Crippen molar-refractivity contribution in [2.45, 2.75) is 45.1 Å². The van der Waals surface area contributed by atoms with E-state index in [0.29, 0.717) is 11.5 Å². The largest absolute Gasteiger partial charge is 0.316 e. The Balaban J connectivity index is 1.75. The Morgan fingerprint density at radius 2 is 2.00 bits per heavy atom. The molecule has 2 saturated heterocycles. The number of hydrogen-bond acceptors (Lipinski definition) is 2. The van der Waals surface area contributed by atoms with Crippen LogP contribution in [0.25, 0.3) is 0 Å². The molecule has 2 fully saturated rings. The van der Waals surface area contributed by atoms with Crippen LogP contribution in [0.15, 0.2) is 30.3 Å². The molecule has 2 aliphatic heterocycles. The molecule has 3 rings (SSSR count). The van der Waals surface area contributed by atoms with Gasteiger partial charge < -0.3 is 5.32 Å². The molecule has 1 aromatic rings. The maximum absolute atomic E-state index is 3.64.